The van der Waals surface area contributed by atoms with Gasteiger partial charge in [0.2, 0.25) is 0 Å². The Bertz CT molecular complexity index is 903. The summed E-state index contributed by atoms with van der Waals surface area (Å²) in [5.41, 5.74) is 5.23. The Kier molecular flexibility index (Phi) is 7.30. The van der Waals surface area contributed by atoms with Gasteiger partial charge in [0.25, 0.3) is 0 Å². The third kappa shape index (κ3) is 4.98. The molecule has 0 radical (unpaired) electrons. The average molecular weight is 431 g/mol. The number of benzene rings is 1. The van der Waals surface area contributed by atoms with E-state index in [0.29, 0.717) is 23.2 Å². The molecule has 29 heavy (non-hydrogen) atoms. The molecular formula is C23H30N2O2S2. The van der Waals surface area contributed by atoms with E-state index in [9.17, 15) is 4.79 Å². The molecule has 0 unspecified atom stereocenters. The lowest BCUT2D eigenvalue weighted by Crippen LogP contribution is -2.22. The molecule has 2 N–H and O–H groups in total. The van der Waals surface area contributed by atoms with Gasteiger partial charge in [-0.2, -0.15) is 0 Å². The van der Waals surface area contributed by atoms with Crippen molar-refractivity contribution in [3.63, 3.8) is 0 Å². The quantitative estimate of drug-likeness (QED) is 0.325. The minimum atomic E-state index is -0.254. The van der Waals surface area contributed by atoms with Crippen molar-refractivity contribution in [2.75, 3.05) is 17.2 Å². The summed E-state index contributed by atoms with van der Waals surface area (Å²) >= 11 is 7.28. The van der Waals surface area contributed by atoms with Crippen LogP contribution in [0.5, 0.6) is 0 Å². The number of rotatable bonds is 5. The summed E-state index contributed by atoms with van der Waals surface area (Å²) in [5.74, 6) is 0.129. The molecule has 1 heterocycles. The molecule has 1 aliphatic rings. The molecule has 3 rings (SSSR count). The van der Waals surface area contributed by atoms with E-state index in [4.69, 9.17) is 17.0 Å². The number of hydrogen-bond donors (Lipinski definition) is 2. The topological polar surface area (TPSA) is 50.4 Å². The van der Waals surface area contributed by atoms with E-state index < -0.39 is 0 Å². The van der Waals surface area contributed by atoms with Crippen LogP contribution in [0.1, 0.15) is 77.9 Å². The Labute approximate surface area is 183 Å². The normalized spacial score (nSPS) is 13.6. The van der Waals surface area contributed by atoms with Gasteiger partial charge in [-0.15, -0.1) is 11.3 Å². The molecule has 6 heteroatoms. The number of anilines is 2. The van der Waals surface area contributed by atoms with Crippen LogP contribution in [0.4, 0.5) is 10.7 Å². The number of carbonyl (C=O) groups excluding carboxylic acids is 1. The van der Waals surface area contributed by atoms with Crippen LogP contribution in [0, 0.1) is 6.92 Å². The summed E-state index contributed by atoms with van der Waals surface area (Å²) in [6.07, 6.45) is 5.43. The third-order valence-electron chi connectivity index (χ3n) is 5.29. The highest BCUT2D eigenvalue weighted by Gasteiger charge is 2.26. The molecule has 1 aromatic carbocycles. The van der Waals surface area contributed by atoms with E-state index in [2.05, 4.69) is 49.6 Å². The highest BCUT2D eigenvalue weighted by molar-refractivity contribution is 7.80. The molecule has 0 fully saturated rings. The van der Waals surface area contributed by atoms with Gasteiger partial charge in [0.15, 0.2) is 5.11 Å². The van der Waals surface area contributed by atoms with Crippen molar-refractivity contribution in [1.29, 1.82) is 0 Å². The van der Waals surface area contributed by atoms with E-state index in [-0.39, 0.29) is 5.97 Å². The second-order valence-corrected chi connectivity index (χ2v) is 9.28. The van der Waals surface area contributed by atoms with Gasteiger partial charge in [-0.05, 0) is 74.4 Å². The Morgan fingerprint density at radius 1 is 1.21 bits per heavy atom. The minimum Gasteiger partial charge on any atom is -0.462 e. The maximum atomic E-state index is 12.7. The molecule has 4 nitrogen and oxygen atoms in total. The van der Waals surface area contributed by atoms with Crippen molar-refractivity contribution in [3.8, 4) is 0 Å². The molecule has 0 amide bonds. The zero-order chi connectivity index (χ0) is 21.0. The Hall–Kier alpha value is -1.92. The lowest BCUT2D eigenvalue weighted by Gasteiger charge is -2.18. The lowest BCUT2D eigenvalue weighted by atomic mass is 9.98. The van der Waals surface area contributed by atoms with Crippen molar-refractivity contribution >= 4 is 45.3 Å². The monoisotopic (exact) mass is 430 g/mol. The fraction of sp³-hybridized carbons (Fsp3) is 0.478. The molecule has 1 aromatic heterocycles. The molecule has 0 atom stereocenters. The lowest BCUT2D eigenvalue weighted by molar-refractivity contribution is 0.0527. The van der Waals surface area contributed by atoms with E-state index in [1.807, 2.05) is 6.92 Å². The van der Waals surface area contributed by atoms with Crippen LogP contribution in [0.15, 0.2) is 18.2 Å². The standard InChI is InChI=1S/C23H30N2O2S2/c1-5-27-22(26)19-17-11-7-6-8-13-18(17)29-21(19)25-23(28)24-20-15(4)10-9-12-16(20)14(2)3/h9-10,12,14H,5-8,11,13H2,1-4H3,(H2,24,25,28). The minimum absolute atomic E-state index is 0.254. The van der Waals surface area contributed by atoms with Crippen LogP contribution in [-0.2, 0) is 17.6 Å². The smallest absolute Gasteiger partial charge is 0.341 e. The molecule has 0 saturated heterocycles. The van der Waals surface area contributed by atoms with Crippen LogP contribution >= 0.6 is 23.6 Å². The first-order chi connectivity index (χ1) is 13.9. The van der Waals surface area contributed by atoms with Crippen LogP contribution in [0.25, 0.3) is 0 Å². The van der Waals surface area contributed by atoms with Crippen molar-refractivity contribution in [1.82, 2.24) is 0 Å². The highest BCUT2D eigenvalue weighted by atomic mass is 32.1. The van der Waals surface area contributed by atoms with E-state index in [0.717, 1.165) is 41.1 Å². The summed E-state index contributed by atoms with van der Waals surface area (Å²) in [6.45, 7) is 8.63. The summed E-state index contributed by atoms with van der Waals surface area (Å²) in [5, 5.41) is 7.98. The predicted molar refractivity (Wildman–Crippen MR) is 127 cm³/mol. The van der Waals surface area contributed by atoms with Crippen molar-refractivity contribution < 1.29 is 9.53 Å². The van der Waals surface area contributed by atoms with Crippen LogP contribution in [0.2, 0.25) is 0 Å². The summed E-state index contributed by atoms with van der Waals surface area (Å²) < 4.78 is 5.37. The first kappa shape index (κ1) is 21.8. The number of hydrogen-bond acceptors (Lipinski definition) is 4. The summed E-state index contributed by atoms with van der Waals surface area (Å²) in [7, 11) is 0. The molecule has 0 aliphatic heterocycles. The largest absolute Gasteiger partial charge is 0.462 e. The summed E-state index contributed by atoms with van der Waals surface area (Å²) in [6, 6.07) is 6.27. The number of esters is 1. The fourth-order valence-corrected chi connectivity index (χ4v) is 5.39. The number of thiocarbonyl (C=S) groups is 1. The Morgan fingerprint density at radius 2 is 1.97 bits per heavy atom. The number of para-hydroxylation sites is 1. The van der Waals surface area contributed by atoms with Gasteiger partial charge in [-0.25, -0.2) is 4.79 Å². The van der Waals surface area contributed by atoms with Gasteiger partial charge >= 0.3 is 5.97 Å². The van der Waals surface area contributed by atoms with Gasteiger partial charge in [-0.1, -0.05) is 38.5 Å². The van der Waals surface area contributed by atoms with Crippen LogP contribution < -0.4 is 10.6 Å². The number of nitrogens with one attached hydrogen (secondary N) is 2. The predicted octanol–water partition coefficient (Wildman–Crippen LogP) is 6.43. The maximum Gasteiger partial charge on any atom is 0.341 e. The molecule has 1 aliphatic carbocycles. The highest BCUT2D eigenvalue weighted by Crippen LogP contribution is 2.38. The summed E-state index contributed by atoms with van der Waals surface area (Å²) in [4.78, 5) is 14.0. The molecule has 0 spiro atoms. The van der Waals surface area contributed by atoms with Crippen molar-refractivity contribution in [2.45, 2.75) is 65.7 Å². The number of aryl methyl sites for hydroxylation is 2. The van der Waals surface area contributed by atoms with Crippen molar-refractivity contribution in [2.24, 2.45) is 0 Å². The van der Waals surface area contributed by atoms with E-state index in [1.165, 1.54) is 23.3 Å². The second kappa shape index (κ2) is 9.72. The third-order valence-corrected chi connectivity index (χ3v) is 6.70. The SMILES string of the molecule is CCOC(=O)c1c(NC(=S)Nc2c(C)cccc2C(C)C)sc2c1CCCCC2. The number of ether oxygens (including phenoxy) is 1. The Morgan fingerprint density at radius 3 is 2.69 bits per heavy atom. The molecule has 156 valence electrons. The fourth-order valence-electron chi connectivity index (χ4n) is 3.84. The first-order valence-corrected chi connectivity index (χ1v) is 11.6. The number of fused-ring (bicyclic) bond motifs is 1. The number of carbonyl (C=O) groups is 1. The van der Waals surface area contributed by atoms with Crippen molar-refractivity contribution in [3.05, 3.63) is 45.3 Å². The van der Waals surface area contributed by atoms with E-state index in [1.54, 1.807) is 11.3 Å². The first-order valence-electron chi connectivity index (χ1n) is 10.4. The second-order valence-electron chi connectivity index (χ2n) is 7.76. The zero-order valence-corrected chi connectivity index (χ0v) is 19.3. The van der Waals surface area contributed by atoms with Gasteiger partial charge < -0.3 is 15.4 Å². The van der Waals surface area contributed by atoms with Gasteiger partial charge in [-0.3, -0.25) is 0 Å². The molecule has 0 saturated carbocycles. The van der Waals surface area contributed by atoms with Gasteiger partial charge in [0, 0.05) is 10.6 Å². The average Bonchev–Trinajstić information content (AvgIpc) is 2.84. The molecular weight excluding hydrogens is 400 g/mol. The van der Waals surface area contributed by atoms with E-state index >= 15 is 0 Å². The van der Waals surface area contributed by atoms with Gasteiger partial charge in [0.05, 0.1) is 12.2 Å². The zero-order valence-electron chi connectivity index (χ0n) is 17.7. The molecule has 2 aromatic rings. The number of thiophene rings is 1. The Balaban J connectivity index is 1.88. The molecule has 0 bridgehead atoms. The van der Waals surface area contributed by atoms with Gasteiger partial charge in [0.1, 0.15) is 5.00 Å². The van der Waals surface area contributed by atoms with Crippen LogP contribution in [0.3, 0.4) is 0 Å². The van der Waals surface area contributed by atoms with Crippen LogP contribution in [-0.4, -0.2) is 17.7 Å². The maximum absolute atomic E-state index is 12.7.